The van der Waals surface area contributed by atoms with Crippen LogP contribution in [-0.4, -0.2) is 27.7 Å². The molecule has 1 N–H and O–H groups in total. The standard InChI is InChI=1S/C19H18N2O3/c1-19(12-14-8-4-2-5-9-14)16(17(22)23)20-21(18(19)24)13-15-10-6-3-7-11-15/h2-11H,12-13H2,1H3,(H,22,23). The normalized spacial score (nSPS) is 20.1. The van der Waals surface area contributed by atoms with Crippen LogP contribution < -0.4 is 0 Å². The molecule has 5 nitrogen and oxygen atoms in total. The molecule has 0 bridgehead atoms. The molecule has 0 fully saturated rings. The number of hydrazone groups is 1. The zero-order valence-electron chi connectivity index (χ0n) is 13.3. The van der Waals surface area contributed by atoms with E-state index in [-0.39, 0.29) is 18.2 Å². The lowest BCUT2D eigenvalue weighted by Gasteiger charge is -2.23. The van der Waals surface area contributed by atoms with E-state index in [1.165, 1.54) is 5.01 Å². The summed E-state index contributed by atoms with van der Waals surface area (Å²) in [6, 6.07) is 18.8. The molecule has 1 aliphatic rings. The Morgan fingerprint density at radius 2 is 1.58 bits per heavy atom. The lowest BCUT2D eigenvalue weighted by molar-refractivity contribution is -0.137. The van der Waals surface area contributed by atoms with Gasteiger partial charge in [0, 0.05) is 0 Å². The lowest BCUT2D eigenvalue weighted by Crippen LogP contribution is -2.41. The molecule has 0 aliphatic carbocycles. The van der Waals surface area contributed by atoms with E-state index in [9.17, 15) is 14.7 Å². The third-order valence-electron chi connectivity index (χ3n) is 4.23. The van der Waals surface area contributed by atoms with E-state index >= 15 is 0 Å². The highest BCUT2D eigenvalue weighted by Crippen LogP contribution is 2.34. The first-order chi connectivity index (χ1) is 11.5. The molecule has 24 heavy (non-hydrogen) atoms. The van der Waals surface area contributed by atoms with Gasteiger partial charge in [-0.1, -0.05) is 60.7 Å². The van der Waals surface area contributed by atoms with Crippen molar-refractivity contribution in [2.24, 2.45) is 10.5 Å². The summed E-state index contributed by atoms with van der Waals surface area (Å²) in [4.78, 5) is 24.5. The van der Waals surface area contributed by atoms with Gasteiger partial charge in [0.25, 0.3) is 5.91 Å². The van der Waals surface area contributed by atoms with Crippen LogP contribution in [0.1, 0.15) is 18.1 Å². The van der Waals surface area contributed by atoms with Gasteiger partial charge < -0.3 is 5.11 Å². The number of carboxylic acids is 1. The predicted octanol–water partition coefficient (Wildman–Crippen LogP) is 2.72. The van der Waals surface area contributed by atoms with Crippen LogP contribution in [0.25, 0.3) is 0 Å². The van der Waals surface area contributed by atoms with Gasteiger partial charge in [-0.05, 0) is 24.5 Å². The van der Waals surface area contributed by atoms with Gasteiger partial charge in [0.1, 0.15) is 5.41 Å². The third-order valence-corrected chi connectivity index (χ3v) is 4.23. The first-order valence-electron chi connectivity index (χ1n) is 7.73. The minimum atomic E-state index is -1.16. The second kappa shape index (κ2) is 6.28. The quantitative estimate of drug-likeness (QED) is 0.920. The van der Waals surface area contributed by atoms with Gasteiger partial charge in [0.05, 0.1) is 6.54 Å². The molecule has 0 spiro atoms. The highest BCUT2D eigenvalue weighted by Gasteiger charge is 2.50. The van der Waals surface area contributed by atoms with E-state index < -0.39 is 11.4 Å². The van der Waals surface area contributed by atoms with Gasteiger partial charge in [0.15, 0.2) is 5.71 Å². The number of nitrogens with zero attached hydrogens (tertiary/aromatic N) is 2. The molecule has 122 valence electrons. The summed E-state index contributed by atoms with van der Waals surface area (Å²) < 4.78 is 0. The largest absolute Gasteiger partial charge is 0.477 e. The van der Waals surface area contributed by atoms with Crippen molar-refractivity contribution in [2.45, 2.75) is 19.9 Å². The zero-order chi connectivity index (χ0) is 17.2. The average Bonchev–Trinajstić information content (AvgIpc) is 2.82. The van der Waals surface area contributed by atoms with Gasteiger partial charge in [-0.3, -0.25) is 4.79 Å². The first kappa shape index (κ1) is 15.9. The summed E-state index contributed by atoms with van der Waals surface area (Å²) in [5, 5.41) is 14.9. The Hall–Kier alpha value is -2.95. The summed E-state index contributed by atoms with van der Waals surface area (Å²) in [6.45, 7) is 1.92. The predicted molar refractivity (Wildman–Crippen MR) is 90.3 cm³/mol. The van der Waals surface area contributed by atoms with Crippen LogP contribution in [0.15, 0.2) is 65.8 Å². The Morgan fingerprint density at radius 1 is 1.04 bits per heavy atom. The van der Waals surface area contributed by atoms with Crippen LogP contribution in [-0.2, 0) is 22.6 Å². The summed E-state index contributed by atoms with van der Waals surface area (Å²) in [7, 11) is 0. The van der Waals surface area contributed by atoms with Crippen LogP contribution in [0.3, 0.4) is 0 Å². The maximum absolute atomic E-state index is 12.9. The summed E-state index contributed by atoms with van der Waals surface area (Å²) in [5.41, 5.74) is 0.543. The fourth-order valence-electron chi connectivity index (χ4n) is 2.97. The van der Waals surface area contributed by atoms with Crippen LogP contribution in [0.5, 0.6) is 0 Å². The molecule has 1 amide bonds. The maximum atomic E-state index is 12.9. The highest BCUT2D eigenvalue weighted by molar-refractivity contribution is 6.43. The van der Waals surface area contributed by atoms with Crippen molar-refractivity contribution < 1.29 is 14.7 Å². The average molecular weight is 322 g/mol. The van der Waals surface area contributed by atoms with Crippen LogP contribution in [0.2, 0.25) is 0 Å². The number of hydrogen-bond donors (Lipinski definition) is 1. The Labute approximate surface area is 140 Å². The van der Waals surface area contributed by atoms with E-state index in [0.717, 1.165) is 11.1 Å². The van der Waals surface area contributed by atoms with Crippen molar-refractivity contribution in [1.82, 2.24) is 5.01 Å². The number of carboxylic acid groups (broad SMARTS) is 1. The van der Waals surface area contributed by atoms with E-state index in [4.69, 9.17) is 0 Å². The Kier molecular flexibility index (Phi) is 4.16. The number of aliphatic carboxylic acids is 1. The summed E-state index contributed by atoms with van der Waals surface area (Å²) in [6.07, 6.45) is 0.309. The monoisotopic (exact) mass is 322 g/mol. The second-order valence-corrected chi connectivity index (χ2v) is 6.10. The second-order valence-electron chi connectivity index (χ2n) is 6.10. The molecule has 0 saturated heterocycles. The molecular weight excluding hydrogens is 304 g/mol. The number of amides is 1. The molecule has 2 aromatic carbocycles. The molecule has 1 unspecified atom stereocenters. The number of benzene rings is 2. The molecule has 1 aliphatic heterocycles. The highest BCUT2D eigenvalue weighted by atomic mass is 16.4. The number of carbonyl (C=O) groups excluding carboxylic acids is 1. The van der Waals surface area contributed by atoms with E-state index in [0.29, 0.717) is 6.42 Å². The van der Waals surface area contributed by atoms with Crippen molar-refractivity contribution in [2.75, 3.05) is 0 Å². The number of carbonyl (C=O) groups is 2. The zero-order valence-corrected chi connectivity index (χ0v) is 13.3. The van der Waals surface area contributed by atoms with Crippen molar-refractivity contribution in [3.63, 3.8) is 0 Å². The third kappa shape index (κ3) is 2.93. The van der Waals surface area contributed by atoms with Crippen molar-refractivity contribution in [1.29, 1.82) is 0 Å². The van der Waals surface area contributed by atoms with Gasteiger partial charge in [-0.15, -0.1) is 0 Å². The summed E-state index contributed by atoms with van der Waals surface area (Å²) in [5.74, 6) is -1.44. The maximum Gasteiger partial charge on any atom is 0.353 e. The van der Waals surface area contributed by atoms with Crippen molar-refractivity contribution in [3.8, 4) is 0 Å². The molecule has 2 aromatic rings. The Balaban J connectivity index is 1.90. The van der Waals surface area contributed by atoms with Crippen LogP contribution in [0.4, 0.5) is 0 Å². The lowest BCUT2D eigenvalue weighted by atomic mass is 9.79. The molecule has 0 aromatic heterocycles. The van der Waals surface area contributed by atoms with Gasteiger partial charge in [0.2, 0.25) is 0 Å². The van der Waals surface area contributed by atoms with E-state index in [2.05, 4.69) is 5.10 Å². The molecular formula is C19H18N2O3. The molecule has 0 saturated carbocycles. The van der Waals surface area contributed by atoms with Gasteiger partial charge >= 0.3 is 5.97 Å². The minimum Gasteiger partial charge on any atom is -0.477 e. The summed E-state index contributed by atoms with van der Waals surface area (Å²) >= 11 is 0. The molecule has 1 atom stereocenters. The van der Waals surface area contributed by atoms with Crippen LogP contribution >= 0.6 is 0 Å². The molecule has 3 rings (SSSR count). The van der Waals surface area contributed by atoms with Gasteiger partial charge in [-0.25, -0.2) is 9.80 Å². The smallest absolute Gasteiger partial charge is 0.353 e. The topological polar surface area (TPSA) is 70.0 Å². The molecule has 1 heterocycles. The Morgan fingerprint density at radius 3 is 2.12 bits per heavy atom. The Bertz CT molecular complexity index is 787. The van der Waals surface area contributed by atoms with Crippen molar-refractivity contribution in [3.05, 3.63) is 71.8 Å². The fraction of sp³-hybridized carbons (Fsp3) is 0.211. The van der Waals surface area contributed by atoms with Gasteiger partial charge in [-0.2, -0.15) is 5.10 Å². The molecule has 5 heteroatoms. The fourth-order valence-corrected chi connectivity index (χ4v) is 2.97. The van der Waals surface area contributed by atoms with Crippen LogP contribution in [0, 0.1) is 5.41 Å². The first-order valence-corrected chi connectivity index (χ1v) is 7.73. The van der Waals surface area contributed by atoms with Crippen molar-refractivity contribution >= 4 is 17.6 Å². The van der Waals surface area contributed by atoms with E-state index in [1.54, 1.807) is 6.92 Å². The molecule has 0 radical (unpaired) electrons. The SMILES string of the molecule is CC1(Cc2ccccc2)C(=O)N(Cc2ccccc2)N=C1C(=O)O. The number of rotatable bonds is 5. The number of hydrogen-bond acceptors (Lipinski definition) is 3. The van der Waals surface area contributed by atoms with E-state index in [1.807, 2.05) is 60.7 Å². The minimum absolute atomic E-state index is 0.104.